The maximum atomic E-state index is 12.5. The van der Waals surface area contributed by atoms with E-state index in [4.69, 9.17) is 20.8 Å². The number of carbonyl (C=O) groups is 1. The van der Waals surface area contributed by atoms with E-state index < -0.39 is 0 Å². The lowest BCUT2D eigenvalue weighted by Crippen LogP contribution is -2.36. The molecule has 0 spiro atoms. The van der Waals surface area contributed by atoms with Gasteiger partial charge in [0.25, 0.3) is 5.91 Å². The maximum Gasteiger partial charge on any atom is 0.259 e. The molecule has 1 N–H and O–H groups in total. The number of nitrogens with zero attached hydrogens (tertiary/aromatic N) is 1. The van der Waals surface area contributed by atoms with Crippen molar-refractivity contribution in [2.24, 2.45) is 0 Å². The molecule has 2 heterocycles. The van der Waals surface area contributed by atoms with Crippen LogP contribution in [0.1, 0.15) is 21.9 Å². The lowest BCUT2D eigenvalue weighted by atomic mass is 10.2. The summed E-state index contributed by atoms with van der Waals surface area (Å²) in [6, 6.07) is 7.27. The van der Waals surface area contributed by atoms with Crippen LogP contribution in [0.5, 0.6) is 0 Å². The van der Waals surface area contributed by atoms with Gasteiger partial charge in [-0.15, -0.1) is 0 Å². The highest BCUT2D eigenvalue weighted by Gasteiger charge is 2.19. The highest BCUT2D eigenvalue weighted by atomic mass is 35.5. The van der Waals surface area contributed by atoms with Crippen LogP contribution in [0.3, 0.4) is 0 Å². The molecule has 1 aliphatic heterocycles. The van der Waals surface area contributed by atoms with Gasteiger partial charge >= 0.3 is 0 Å². The molecular weight excluding hydrogens is 316 g/mol. The van der Waals surface area contributed by atoms with Crippen molar-refractivity contribution < 1.29 is 13.9 Å². The molecule has 1 aliphatic rings. The summed E-state index contributed by atoms with van der Waals surface area (Å²) in [6.45, 7) is 6.53. The number of aryl methyl sites for hydroxylation is 2. The van der Waals surface area contributed by atoms with Crippen molar-refractivity contribution in [3.63, 3.8) is 0 Å². The third-order valence-electron chi connectivity index (χ3n) is 3.84. The summed E-state index contributed by atoms with van der Waals surface area (Å²) in [6.07, 6.45) is 0. The molecule has 0 radical (unpaired) electrons. The minimum Gasteiger partial charge on any atom is -0.466 e. The molecule has 23 heavy (non-hydrogen) atoms. The number of carbonyl (C=O) groups excluding carboxylic acids is 1. The summed E-state index contributed by atoms with van der Waals surface area (Å²) in [5.41, 5.74) is 2.18. The Kier molecular flexibility index (Phi) is 4.59. The van der Waals surface area contributed by atoms with Gasteiger partial charge in [0.15, 0.2) is 0 Å². The average molecular weight is 335 g/mol. The van der Waals surface area contributed by atoms with Crippen LogP contribution in [0.2, 0.25) is 5.02 Å². The molecule has 1 aromatic carbocycles. The van der Waals surface area contributed by atoms with E-state index in [1.165, 1.54) is 0 Å². The van der Waals surface area contributed by atoms with Crippen molar-refractivity contribution in [2.75, 3.05) is 36.5 Å². The van der Waals surface area contributed by atoms with Gasteiger partial charge < -0.3 is 19.4 Å². The fourth-order valence-corrected chi connectivity index (χ4v) is 2.91. The second-order valence-corrected chi connectivity index (χ2v) is 5.98. The van der Waals surface area contributed by atoms with Crippen LogP contribution in [-0.2, 0) is 4.74 Å². The van der Waals surface area contributed by atoms with Gasteiger partial charge in [-0.3, -0.25) is 4.79 Å². The summed E-state index contributed by atoms with van der Waals surface area (Å²) in [5, 5.41) is 3.53. The van der Waals surface area contributed by atoms with Gasteiger partial charge in [-0.05, 0) is 38.1 Å². The fraction of sp³-hybridized carbons (Fsp3) is 0.353. The summed E-state index contributed by atoms with van der Waals surface area (Å²) < 4.78 is 10.8. The zero-order chi connectivity index (χ0) is 16.4. The van der Waals surface area contributed by atoms with Crippen molar-refractivity contribution in [3.8, 4) is 0 Å². The molecule has 1 aromatic heterocycles. The molecule has 0 unspecified atom stereocenters. The number of hydrogen-bond acceptors (Lipinski definition) is 4. The lowest BCUT2D eigenvalue weighted by molar-refractivity contribution is 0.102. The van der Waals surface area contributed by atoms with Crippen LogP contribution < -0.4 is 10.2 Å². The third-order valence-corrected chi connectivity index (χ3v) is 4.08. The summed E-state index contributed by atoms with van der Waals surface area (Å²) in [4.78, 5) is 14.7. The quantitative estimate of drug-likeness (QED) is 0.931. The Morgan fingerprint density at radius 2 is 1.96 bits per heavy atom. The van der Waals surface area contributed by atoms with Crippen molar-refractivity contribution in [2.45, 2.75) is 13.8 Å². The largest absolute Gasteiger partial charge is 0.466 e. The molecule has 2 aromatic rings. The van der Waals surface area contributed by atoms with Gasteiger partial charge in [-0.2, -0.15) is 0 Å². The van der Waals surface area contributed by atoms with E-state index in [-0.39, 0.29) is 5.91 Å². The predicted octanol–water partition coefficient (Wildman–Crippen LogP) is 3.64. The molecule has 122 valence electrons. The smallest absolute Gasteiger partial charge is 0.259 e. The molecule has 1 saturated heterocycles. The van der Waals surface area contributed by atoms with Crippen molar-refractivity contribution in [1.29, 1.82) is 0 Å². The third kappa shape index (κ3) is 3.51. The fourth-order valence-electron chi connectivity index (χ4n) is 2.73. The van der Waals surface area contributed by atoms with Crippen LogP contribution in [0.4, 0.5) is 11.4 Å². The van der Waals surface area contributed by atoms with Crippen molar-refractivity contribution in [3.05, 3.63) is 46.4 Å². The molecule has 0 saturated carbocycles. The van der Waals surface area contributed by atoms with Crippen LogP contribution >= 0.6 is 11.6 Å². The Bertz CT molecular complexity index is 721. The Morgan fingerprint density at radius 1 is 1.22 bits per heavy atom. The van der Waals surface area contributed by atoms with Gasteiger partial charge in [-0.1, -0.05) is 11.6 Å². The minimum atomic E-state index is -0.198. The molecule has 1 fully saturated rings. The summed E-state index contributed by atoms with van der Waals surface area (Å²) in [5.74, 6) is 1.12. The predicted molar refractivity (Wildman–Crippen MR) is 90.6 cm³/mol. The van der Waals surface area contributed by atoms with E-state index >= 15 is 0 Å². The molecule has 0 atom stereocenters. The van der Waals surface area contributed by atoms with Gasteiger partial charge in [0.1, 0.15) is 11.5 Å². The van der Waals surface area contributed by atoms with E-state index in [1.54, 1.807) is 19.1 Å². The maximum absolute atomic E-state index is 12.5. The van der Waals surface area contributed by atoms with Crippen molar-refractivity contribution in [1.82, 2.24) is 0 Å². The van der Waals surface area contributed by atoms with Gasteiger partial charge in [-0.25, -0.2) is 0 Å². The first-order valence-electron chi connectivity index (χ1n) is 7.55. The van der Waals surface area contributed by atoms with E-state index in [0.717, 1.165) is 18.8 Å². The van der Waals surface area contributed by atoms with E-state index in [0.29, 0.717) is 41.0 Å². The summed E-state index contributed by atoms with van der Waals surface area (Å²) in [7, 11) is 0. The SMILES string of the molecule is Cc1cc(C(=O)Nc2cc(Cl)ccc2N2CCOCC2)c(C)o1. The normalized spacial score (nSPS) is 14.8. The van der Waals surface area contributed by atoms with Gasteiger partial charge in [0, 0.05) is 18.1 Å². The number of anilines is 2. The molecule has 6 heteroatoms. The molecule has 3 rings (SSSR count). The topological polar surface area (TPSA) is 54.7 Å². The van der Waals surface area contributed by atoms with Gasteiger partial charge in [0.05, 0.1) is 30.2 Å². The van der Waals surface area contributed by atoms with Crippen LogP contribution in [0, 0.1) is 13.8 Å². The number of hydrogen-bond donors (Lipinski definition) is 1. The van der Waals surface area contributed by atoms with Crippen molar-refractivity contribution >= 4 is 28.9 Å². The Morgan fingerprint density at radius 3 is 2.61 bits per heavy atom. The van der Waals surface area contributed by atoms with Crippen LogP contribution in [-0.4, -0.2) is 32.2 Å². The second kappa shape index (κ2) is 6.64. The number of morpholine rings is 1. The number of amides is 1. The molecule has 0 bridgehead atoms. The average Bonchev–Trinajstić information content (AvgIpc) is 2.87. The first kappa shape index (κ1) is 15.9. The Balaban J connectivity index is 1.87. The summed E-state index contributed by atoms with van der Waals surface area (Å²) >= 11 is 6.11. The first-order valence-corrected chi connectivity index (χ1v) is 7.93. The van der Waals surface area contributed by atoms with E-state index in [9.17, 15) is 4.79 Å². The number of rotatable bonds is 3. The standard InChI is InChI=1S/C17H19ClN2O3/c1-11-9-14(12(2)23-11)17(21)19-15-10-13(18)3-4-16(15)20-5-7-22-8-6-20/h3-4,9-10H,5-8H2,1-2H3,(H,19,21). The highest BCUT2D eigenvalue weighted by Crippen LogP contribution is 2.30. The lowest BCUT2D eigenvalue weighted by Gasteiger charge is -2.30. The molecule has 0 aliphatic carbocycles. The monoisotopic (exact) mass is 334 g/mol. The number of nitrogens with one attached hydrogen (secondary N) is 1. The zero-order valence-corrected chi connectivity index (χ0v) is 13.9. The Labute approximate surface area is 140 Å². The van der Waals surface area contributed by atoms with E-state index in [2.05, 4.69) is 10.2 Å². The molecular formula is C17H19ClN2O3. The van der Waals surface area contributed by atoms with Crippen LogP contribution in [0.25, 0.3) is 0 Å². The number of furan rings is 1. The zero-order valence-electron chi connectivity index (χ0n) is 13.2. The van der Waals surface area contributed by atoms with E-state index in [1.807, 2.05) is 19.1 Å². The molecule has 5 nitrogen and oxygen atoms in total. The van der Waals surface area contributed by atoms with Gasteiger partial charge in [0.2, 0.25) is 0 Å². The van der Waals surface area contributed by atoms with Crippen LogP contribution in [0.15, 0.2) is 28.7 Å². The first-order chi connectivity index (χ1) is 11.0. The Hall–Kier alpha value is -1.98. The number of benzene rings is 1. The number of ether oxygens (including phenoxy) is 1. The second-order valence-electron chi connectivity index (χ2n) is 5.54. The number of halogens is 1. The minimum absolute atomic E-state index is 0.198. The highest BCUT2D eigenvalue weighted by molar-refractivity contribution is 6.31. The molecule has 1 amide bonds.